The maximum absolute atomic E-state index is 6.00. The first kappa shape index (κ1) is 15.1. The minimum atomic E-state index is -0.0325. The van der Waals surface area contributed by atoms with Gasteiger partial charge < -0.3 is 9.47 Å². The van der Waals surface area contributed by atoms with Gasteiger partial charge in [-0.3, -0.25) is 11.3 Å². The van der Waals surface area contributed by atoms with Crippen LogP contribution < -0.4 is 20.7 Å². The Morgan fingerprint density at radius 3 is 2.65 bits per heavy atom. The molecule has 2 atom stereocenters. The van der Waals surface area contributed by atoms with Crippen LogP contribution in [-0.4, -0.2) is 18.8 Å². The molecule has 0 saturated carbocycles. The third-order valence-corrected chi connectivity index (χ3v) is 3.64. The lowest BCUT2D eigenvalue weighted by Gasteiger charge is -2.32. The van der Waals surface area contributed by atoms with Gasteiger partial charge in [-0.2, -0.15) is 0 Å². The van der Waals surface area contributed by atoms with Gasteiger partial charge in [0.15, 0.2) is 11.5 Å². The second-order valence-corrected chi connectivity index (χ2v) is 6.64. The number of fused-ring (bicyclic) bond motifs is 1. The number of hydrogen-bond donors (Lipinski definition) is 2. The summed E-state index contributed by atoms with van der Waals surface area (Å²) in [6.45, 7) is 7.32. The fourth-order valence-electron chi connectivity index (χ4n) is 2.46. The fraction of sp³-hybridized carbons (Fsp3) is 0.625. The molecule has 0 bridgehead atoms. The molecule has 0 saturated heterocycles. The monoisotopic (exact) mass is 278 g/mol. The Hall–Kier alpha value is -1.26. The van der Waals surface area contributed by atoms with Crippen LogP contribution in [-0.2, 0) is 0 Å². The summed E-state index contributed by atoms with van der Waals surface area (Å²) in [6.07, 6.45) is 3.26. The van der Waals surface area contributed by atoms with Gasteiger partial charge in [0, 0.05) is 0 Å². The van der Waals surface area contributed by atoms with E-state index in [0.717, 1.165) is 24.3 Å². The van der Waals surface area contributed by atoms with Crippen molar-refractivity contribution >= 4 is 0 Å². The third-order valence-electron chi connectivity index (χ3n) is 3.64. The van der Waals surface area contributed by atoms with Crippen molar-refractivity contribution in [3.63, 3.8) is 0 Å². The van der Waals surface area contributed by atoms with Gasteiger partial charge in [0.05, 0.1) is 6.04 Å². The average molecular weight is 278 g/mol. The second kappa shape index (κ2) is 6.46. The molecular weight excluding hydrogens is 252 g/mol. The SMILES string of the molecule is CC(C)(C)CCCC(NN)C1COc2ccccc2O1. The number of para-hydroxylation sites is 2. The molecular formula is C16H26N2O2. The van der Waals surface area contributed by atoms with Gasteiger partial charge in [0.1, 0.15) is 12.7 Å². The molecule has 1 aromatic carbocycles. The van der Waals surface area contributed by atoms with Crippen LogP contribution in [0.2, 0.25) is 0 Å². The van der Waals surface area contributed by atoms with Crippen LogP contribution in [0.25, 0.3) is 0 Å². The molecule has 112 valence electrons. The van der Waals surface area contributed by atoms with Crippen LogP contribution in [0.15, 0.2) is 24.3 Å². The lowest BCUT2D eigenvalue weighted by atomic mass is 9.88. The molecule has 2 unspecified atom stereocenters. The Morgan fingerprint density at radius 2 is 2.00 bits per heavy atom. The van der Waals surface area contributed by atoms with E-state index in [0.29, 0.717) is 12.0 Å². The Kier molecular flexibility index (Phi) is 4.89. The minimum absolute atomic E-state index is 0.0325. The normalized spacial score (nSPS) is 19.7. The molecule has 2 rings (SSSR count). The summed E-state index contributed by atoms with van der Waals surface area (Å²) in [5.41, 5.74) is 3.24. The maximum Gasteiger partial charge on any atom is 0.161 e. The van der Waals surface area contributed by atoms with E-state index in [4.69, 9.17) is 15.3 Å². The summed E-state index contributed by atoms with van der Waals surface area (Å²) in [5, 5.41) is 0. The zero-order valence-electron chi connectivity index (χ0n) is 12.7. The fourth-order valence-corrected chi connectivity index (χ4v) is 2.46. The minimum Gasteiger partial charge on any atom is -0.486 e. The van der Waals surface area contributed by atoms with E-state index in [2.05, 4.69) is 26.2 Å². The van der Waals surface area contributed by atoms with Crippen molar-refractivity contribution in [3.05, 3.63) is 24.3 Å². The molecule has 0 spiro atoms. The number of nitrogens with two attached hydrogens (primary N) is 1. The van der Waals surface area contributed by atoms with E-state index in [-0.39, 0.29) is 12.1 Å². The second-order valence-electron chi connectivity index (χ2n) is 6.64. The van der Waals surface area contributed by atoms with E-state index in [1.807, 2.05) is 24.3 Å². The van der Waals surface area contributed by atoms with Gasteiger partial charge in [0.25, 0.3) is 0 Å². The van der Waals surface area contributed by atoms with Crippen molar-refractivity contribution < 1.29 is 9.47 Å². The average Bonchev–Trinajstić information content (AvgIpc) is 2.42. The third kappa shape index (κ3) is 4.12. The summed E-state index contributed by atoms with van der Waals surface area (Å²) in [6, 6.07) is 7.88. The molecule has 0 radical (unpaired) electrons. The van der Waals surface area contributed by atoms with E-state index in [1.54, 1.807) is 0 Å². The van der Waals surface area contributed by atoms with Crippen LogP contribution in [0, 0.1) is 5.41 Å². The first-order chi connectivity index (χ1) is 9.49. The Bertz CT molecular complexity index is 429. The Morgan fingerprint density at radius 1 is 1.30 bits per heavy atom. The molecule has 1 aliphatic heterocycles. The van der Waals surface area contributed by atoms with Gasteiger partial charge >= 0.3 is 0 Å². The first-order valence-corrected chi connectivity index (χ1v) is 7.34. The highest BCUT2D eigenvalue weighted by Crippen LogP contribution is 2.32. The molecule has 20 heavy (non-hydrogen) atoms. The van der Waals surface area contributed by atoms with E-state index < -0.39 is 0 Å². The number of nitrogens with one attached hydrogen (secondary N) is 1. The lowest BCUT2D eigenvalue weighted by molar-refractivity contribution is 0.0580. The molecule has 1 heterocycles. The highest BCUT2D eigenvalue weighted by atomic mass is 16.6. The summed E-state index contributed by atoms with van der Waals surface area (Å²) in [7, 11) is 0. The van der Waals surface area contributed by atoms with Crippen LogP contribution in [0.1, 0.15) is 40.0 Å². The first-order valence-electron chi connectivity index (χ1n) is 7.34. The highest BCUT2D eigenvalue weighted by Gasteiger charge is 2.28. The van der Waals surface area contributed by atoms with Crippen LogP contribution in [0.4, 0.5) is 0 Å². The van der Waals surface area contributed by atoms with Crippen molar-refractivity contribution in [2.75, 3.05) is 6.61 Å². The van der Waals surface area contributed by atoms with Gasteiger partial charge in [-0.05, 0) is 30.4 Å². The number of hydrogen-bond acceptors (Lipinski definition) is 4. The largest absolute Gasteiger partial charge is 0.486 e. The van der Waals surface area contributed by atoms with Gasteiger partial charge in [-0.15, -0.1) is 0 Å². The van der Waals surface area contributed by atoms with Crippen molar-refractivity contribution in [2.24, 2.45) is 11.3 Å². The van der Waals surface area contributed by atoms with Crippen molar-refractivity contribution in [3.8, 4) is 11.5 Å². The molecule has 0 amide bonds. The summed E-state index contributed by atoms with van der Waals surface area (Å²) in [4.78, 5) is 0. The van der Waals surface area contributed by atoms with Crippen molar-refractivity contribution in [2.45, 2.75) is 52.2 Å². The van der Waals surface area contributed by atoms with Crippen molar-refractivity contribution in [1.29, 1.82) is 0 Å². The zero-order valence-corrected chi connectivity index (χ0v) is 12.7. The number of ether oxygens (including phenoxy) is 2. The van der Waals surface area contributed by atoms with E-state index >= 15 is 0 Å². The smallest absolute Gasteiger partial charge is 0.161 e. The predicted molar refractivity (Wildman–Crippen MR) is 80.8 cm³/mol. The van der Waals surface area contributed by atoms with Crippen LogP contribution >= 0.6 is 0 Å². The molecule has 1 aliphatic rings. The number of benzene rings is 1. The van der Waals surface area contributed by atoms with Gasteiger partial charge in [0.2, 0.25) is 0 Å². The highest BCUT2D eigenvalue weighted by molar-refractivity contribution is 5.40. The van der Waals surface area contributed by atoms with Crippen molar-refractivity contribution in [1.82, 2.24) is 5.43 Å². The topological polar surface area (TPSA) is 56.5 Å². The van der Waals surface area contributed by atoms with E-state index in [9.17, 15) is 0 Å². The Labute approximate surface area is 121 Å². The Balaban J connectivity index is 1.90. The predicted octanol–water partition coefficient (Wildman–Crippen LogP) is 2.87. The summed E-state index contributed by atoms with van der Waals surface area (Å²) < 4.78 is 11.7. The number of hydrazine groups is 1. The van der Waals surface area contributed by atoms with Gasteiger partial charge in [-0.1, -0.05) is 39.3 Å². The van der Waals surface area contributed by atoms with E-state index in [1.165, 1.54) is 6.42 Å². The van der Waals surface area contributed by atoms with Crippen LogP contribution in [0.3, 0.4) is 0 Å². The molecule has 0 fully saturated rings. The lowest BCUT2D eigenvalue weighted by Crippen LogP contribution is -2.50. The molecule has 0 aliphatic carbocycles. The molecule has 4 heteroatoms. The molecule has 0 aromatic heterocycles. The molecule has 1 aromatic rings. The summed E-state index contributed by atoms with van der Waals surface area (Å²) in [5.74, 6) is 7.31. The molecule has 4 nitrogen and oxygen atoms in total. The molecule has 3 N–H and O–H groups in total. The zero-order chi connectivity index (χ0) is 14.6. The van der Waals surface area contributed by atoms with Crippen LogP contribution in [0.5, 0.6) is 11.5 Å². The standard InChI is InChI=1S/C16H26N2O2/c1-16(2,3)10-6-7-12(18-17)15-11-19-13-8-4-5-9-14(13)20-15/h4-5,8-9,12,15,18H,6-7,10-11,17H2,1-3H3. The van der Waals surface area contributed by atoms with Gasteiger partial charge in [-0.25, -0.2) is 0 Å². The quantitative estimate of drug-likeness (QED) is 0.642. The summed E-state index contributed by atoms with van der Waals surface area (Å²) >= 11 is 0. The number of rotatable bonds is 5. The maximum atomic E-state index is 6.00.